The molecular formula is C17H26N2O6S. The topological polar surface area (TPSA) is 102 Å². The zero-order valence-electron chi connectivity index (χ0n) is 15.7. The number of carbonyl (C=O) groups is 2. The number of rotatable bonds is 9. The molecule has 0 saturated heterocycles. The molecule has 146 valence electrons. The van der Waals surface area contributed by atoms with Gasteiger partial charge in [-0.1, -0.05) is 13.8 Å². The van der Waals surface area contributed by atoms with Gasteiger partial charge >= 0.3 is 5.97 Å². The summed E-state index contributed by atoms with van der Waals surface area (Å²) in [5, 5.41) is 2.51. The van der Waals surface area contributed by atoms with Crippen molar-refractivity contribution in [3.63, 3.8) is 0 Å². The van der Waals surface area contributed by atoms with Gasteiger partial charge in [-0.25, -0.2) is 12.7 Å². The van der Waals surface area contributed by atoms with Crippen LogP contribution in [0.15, 0.2) is 23.1 Å². The predicted molar refractivity (Wildman–Crippen MR) is 97.5 cm³/mol. The molecule has 1 aromatic carbocycles. The number of carbonyl (C=O) groups excluding carboxylic acids is 2. The lowest BCUT2D eigenvalue weighted by Gasteiger charge is -2.15. The third-order valence-electron chi connectivity index (χ3n) is 3.51. The van der Waals surface area contributed by atoms with Gasteiger partial charge in [-0.05, 0) is 30.5 Å². The number of ether oxygens (including phenoxy) is 2. The lowest BCUT2D eigenvalue weighted by atomic mass is 10.1. The number of methoxy groups -OCH3 is 1. The molecule has 0 fully saturated rings. The largest absolute Gasteiger partial charge is 0.495 e. The molecule has 0 aliphatic heterocycles. The van der Waals surface area contributed by atoms with Crippen LogP contribution in [-0.2, 0) is 24.3 Å². The standard InChI is InChI=1S/C17H26N2O6S/c1-12(2)6-9-17(21)25-11-16(20)18-14-10-13(7-8-15(14)24-5)26(22,23)19(3)4/h7-8,10,12H,6,9,11H2,1-5H3,(H,18,20). The summed E-state index contributed by atoms with van der Waals surface area (Å²) in [7, 11) is 0.562. The minimum atomic E-state index is -3.66. The second kappa shape index (κ2) is 9.54. The highest BCUT2D eigenvalue weighted by molar-refractivity contribution is 7.89. The molecule has 0 saturated carbocycles. The van der Waals surface area contributed by atoms with Crippen molar-refractivity contribution in [1.82, 2.24) is 4.31 Å². The van der Waals surface area contributed by atoms with Crippen LogP contribution in [0.4, 0.5) is 5.69 Å². The summed E-state index contributed by atoms with van der Waals surface area (Å²) in [6.07, 6.45) is 0.920. The number of nitrogens with zero attached hydrogens (tertiary/aromatic N) is 1. The van der Waals surface area contributed by atoms with Gasteiger partial charge in [0.05, 0.1) is 17.7 Å². The number of benzene rings is 1. The van der Waals surface area contributed by atoms with Gasteiger partial charge in [-0.2, -0.15) is 0 Å². The van der Waals surface area contributed by atoms with Crippen LogP contribution in [-0.4, -0.2) is 52.4 Å². The average molecular weight is 386 g/mol. The van der Waals surface area contributed by atoms with E-state index >= 15 is 0 Å². The van der Waals surface area contributed by atoms with Crippen LogP contribution in [0.5, 0.6) is 5.75 Å². The molecule has 0 bridgehead atoms. The van der Waals surface area contributed by atoms with E-state index in [-0.39, 0.29) is 17.0 Å². The quantitative estimate of drug-likeness (QED) is 0.650. The zero-order valence-corrected chi connectivity index (χ0v) is 16.6. The van der Waals surface area contributed by atoms with Gasteiger partial charge in [0.1, 0.15) is 5.75 Å². The van der Waals surface area contributed by atoms with E-state index in [2.05, 4.69) is 5.32 Å². The average Bonchev–Trinajstić information content (AvgIpc) is 2.57. The second-order valence-corrected chi connectivity index (χ2v) is 8.44. The Hall–Kier alpha value is -2.13. The molecular weight excluding hydrogens is 360 g/mol. The molecule has 1 aromatic rings. The summed E-state index contributed by atoms with van der Waals surface area (Å²) < 4.78 is 35.5. The molecule has 0 aliphatic rings. The van der Waals surface area contributed by atoms with Crippen molar-refractivity contribution >= 4 is 27.6 Å². The first-order valence-corrected chi connectivity index (χ1v) is 9.58. The van der Waals surface area contributed by atoms with E-state index in [0.29, 0.717) is 18.1 Å². The Kier molecular flexibility index (Phi) is 8.04. The Morgan fingerprint density at radius 3 is 2.42 bits per heavy atom. The highest BCUT2D eigenvalue weighted by Crippen LogP contribution is 2.28. The molecule has 0 unspecified atom stereocenters. The van der Waals surface area contributed by atoms with Crippen molar-refractivity contribution in [1.29, 1.82) is 0 Å². The van der Waals surface area contributed by atoms with Gasteiger partial charge in [0, 0.05) is 20.5 Å². The van der Waals surface area contributed by atoms with E-state index in [1.54, 1.807) is 0 Å². The summed E-state index contributed by atoms with van der Waals surface area (Å²) in [5.41, 5.74) is 0.179. The Bertz CT molecular complexity index is 744. The van der Waals surface area contributed by atoms with Crippen LogP contribution in [0.3, 0.4) is 0 Å². The van der Waals surface area contributed by atoms with Gasteiger partial charge < -0.3 is 14.8 Å². The van der Waals surface area contributed by atoms with Crippen molar-refractivity contribution < 1.29 is 27.5 Å². The van der Waals surface area contributed by atoms with Crippen molar-refractivity contribution in [2.45, 2.75) is 31.6 Å². The van der Waals surface area contributed by atoms with E-state index in [1.165, 1.54) is 39.4 Å². The maximum Gasteiger partial charge on any atom is 0.306 e. The minimum Gasteiger partial charge on any atom is -0.495 e. The molecule has 26 heavy (non-hydrogen) atoms. The fourth-order valence-corrected chi connectivity index (χ4v) is 2.90. The molecule has 0 heterocycles. The first-order valence-electron chi connectivity index (χ1n) is 8.14. The summed E-state index contributed by atoms with van der Waals surface area (Å²) in [6.45, 7) is 3.52. The number of amides is 1. The number of nitrogens with one attached hydrogen (secondary N) is 1. The normalized spacial score (nSPS) is 11.5. The van der Waals surface area contributed by atoms with Crippen LogP contribution in [0.25, 0.3) is 0 Å². The third kappa shape index (κ3) is 6.30. The maximum absolute atomic E-state index is 12.2. The Morgan fingerprint density at radius 1 is 1.23 bits per heavy atom. The maximum atomic E-state index is 12.2. The van der Waals surface area contributed by atoms with E-state index in [4.69, 9.17) is 9.47 Å². The van der Waals surface area contributed by atoms with Gasteiger partial charge in [-0.3, -0.25) is 9.59 Å². The fraction of sp³-hybridized carbons (Fsp3) is 0.529. The molecule has 8 nitrogen and oxygen atoms in total. The Morgan fingerprint density at radius 2 is 1.88 bits per heavy atom. The number of hydrogen-bond donors (Lipinski definition) is 1. The Labute approximate surface area is 154 Å². The van der Waals surface area contributed by atoms with Crippen molar-refractivity contribution in [2.24, 2.45) is 5.92 Å². The predicted octanol–water partition coefficient (Wildman–Crippen LogP) is 1.86. The van der Waals surface area contributed by atoms with Gasteiger partial charge in [-0.15, -0.1) is 0 Å². The second-order valence-electron chi connectivity index (χ2n) is 6.29. The number of hydrogen-bond acceptors (Lipinski definition) is 6. The van der Waals surface area contributed by atoms with Crippen molar-refractivity contribution in [3.05, 3.63) is 18.2 Å². The summed E-state index contributed by atoms with van der Waals surface area (Å²) >= 11 is 0. The van der Waals surface area contributed by atoms with Crippen LogP contribution in [0.2, 0.25) is 0 Å². The van der Waals surface area contributed by atoms with Gasteiger partial charge in [0.2, 0.25) is 10.0 Å². The van der Waals surface area contributed by atoms with Gasteiger partial charge in [0.15, 0.2) is 6.61 Å². The lowest BCUT2D eigenvalue weighted by molar-refractivity contribution is -0.147. The summed E-state index contributed by atoms with van der Waals surface area (Å²) in [4.78, 5) is 23.6. The fourth-order valence-electron chi connectivity index (χ4n) is 1.97. The highest BCUT2D eigenvalue weighted by atomic mass is 32.2. The van der Waals surface area contributed by atoms with Crippen molar-refractivity contribution in [3.8, 4) is 5.75 Å². The number of sulfonamides is 1. The summed E-state index contributed by atoms with van der Waals surface area (Å²) in [5.74, 6) is -0.380. The zero-order chi connectivity index (χ0) is 19.9. The third-order valence-corrected chi connectivity index (χ3v) is 5.32. The molecule has 0 radical (unpaired) electrons. The first-order chi connectivity index (χ1) is 12.1. The molecule has 1 rings (SSSR count). The lowest BCUT2D eigenvalue weighted by Crippen LogP contribution is -2.23. The van der Waals surface area contributed by atoms with Crippen molar-refractivity contribution in [2.75, 3.05) is 33.1 Å². The smallest absolute Gasteiger partial charge is 0.306 e. The monoisotopic (exact) mass is 386 g/mol. The van der Waals surface area contributed by atoms with Crippen LogP contribution < -0.4 is 10.1 Å². The molecule has 0 spiro atoms. The van der Waals surface area contributed by atoms with Crippen LogP contribution in [0, 0.1) is 5.92 Å². The molecule has 0 atom stereocenters. The van der Waals surface area contributed by atoms with Gasteiger partial charge in [0.25, 0.3) is 5.91 Å². The highest BCUT2D eigenvalue weighted by Gasteiger charge is 2.20. The Balaban J connectivity index is 2.81. The SMILES string of the molecule is COc1ccc(S(=O)(=O)N(C)C)cc1NC(=O)COC(=O)CCC(C)C. The molecule has 1 N–H and O–H groups in total. The molecule has 9 heteroatoms. The first kappa shape index (κ1) is 21.9. The molecule has 1 amide bonds. The minimum absolute atomic E-state index is 0.00697. The van der Waals surface area contributed by atoms with E-state index in [0.717, 1.165) is 4.31 Å². The van der Waals surface area contributed by atoms with Crippen LogP contribution >= 0.6 is 0 Å². The summed E-state index contributed by atoms with van der Waals surface area (Å²) in [6, 6.07) is 4.13. The molecule has 0 aliphatic carbocycles. The number of esters is 1. The molecule has 0 aromatic heterocycles. The van der Waals surface area contributed by atoms with E-state index in [1.807, 2.05) is 13.8 Å². The number of anilines is 1. The van der Waals surface area contributed by atoms with E-state index < -0.39 is 28.5 Å². The van der Waals surface area contributed by atoms with Crippen LogP contribution in [0.1, 0.15) is 26.7 Å². The van der Waals surface area contributed by atoms with E-state index in [9.17, 15) is 18.0 Å².